The van der Waals surface area contributed by atoms with Crippen LogP contribution in [-0.4, -0.2) is 111 Å². The minimum absolute atomic E-state index is 0.0850. The molecule has 1 amide bonds. The highest BCUT2D eigenvalue weighted by atomic mass is 32.2. The quantitative estimate of drug-likeness (QED) is 0.216. The highest BCUT2D eigenvalue weighted by Gasteiger charge is 2.30. The molecule has 4 rings (SSSR count). The first-order valence-electron chi connectivity index (χ1n) is 16.0. The van der Waals surface area contributed by atoms with Gasteiger partial charge in [0, 0.05) is 49.3 Å². The predicted octanol–water partition coefficient (Wildman–Crippen LogP) is 3.64. The Kier molecular flexibility index (Phi) is 16.1. The smallest absolute Gasteiger partial charge is 0.335 e. The van der Waals surface area contributed by atoms with Crippen LogP contribution in [0.15, 0.2) is 53.4 Å². The number of carbonyl (C=O) groups is 3. The summed E-state index contributed by atoms with van der Waals surface area (Å²) in [5.74, 6) is -1.93. The largest absolute Gasteiger partial charge is 0.479 e. The van der Waals surface area contributed by atoms with Gasteiger partial charge in [0.1, 0.15) is 5.82 Å². The van der Waals surface area contributed by atoms with Gasteiger partial charge in [-0.2, -0.15) is 0 Å². The number of aliphatic carboxylic acids is 2. The molecular weight excluding hydrogens is 631 g/mol. The molecule has 2 unspecified atom stereocenters. The molecule has 47 heavy (non-hydrogen) atoms. The van der Waals surface area contributed by atoms with Crippen LogP contribution in [-0.2, 0) is 36.8 Å². The summed E-state index contributed by atoms with van der Waals surface area (Å²) in [6, 6.07) is 15.1. The number of amides is 1. The van der Waals surface area contributed by atoms with Crippen molar-refractivity contribution in [2.75, 3.05) is 38.6 Å². The van der Waals surface area contributed by atoms with Crippen LogP contribution < -0.4 is 0 Å². The van der Waals surface area contributed by atoms with Gasteiger partial charge in [-0.3, -0.25) is 4.79 Å². The van der Waals surface area contributed by atoms with E-state index in [2.05, 4.69) is 43.0 Å². The Labute approximate surface area is 279 Å². The molecule has 0 saturated carbocycles. The molecule has 4 N–H and O–H groups in total. The van der Waals surface area contributed by atoms with Gasteiger partial charge in [-0.05, 0) is 60.6 Å². The van der Waals surface area contributed by atoms with Gasteiger partial charge in [-0.25, -0.2) is 14.0 Å². The SMILES string of the molecule is CC(C)CSc1ccc(CC(=O)N(Cc2ccc(F)cc2)C2CCN(CCC3OCCCO3)CC2)cc1.O=C(O)C(O)C(O)C(=O)O. The zero-order valence-electron chi connectivity index (χ0n) is 27.0. The second kappa shape index (κ2) is 19.7. The molecule has 2 aliphatic rings. The van der Waals surface area contributed by atoms with Crippen molar-refractivity contribution in [1.82, 2.24) is 9.80 Å². The molecule has 0 aliphatic carbocycles. The lowest BCUT2D eigenvalue weighted by Crippen LogP contribution is -2.48. The second-order valence-corrected chi connectivity index (χ2v) is 13.2. The van der Waals surface area contributed by atoms with Gasteiger partial charge < -0.3 is 39.7 Å². The number of halogens is 1. The summed E-state index contributed by atoms with van der Waals surface area (Å²) in [5.41, 5.74) is 2.00. The summed E-state index contributed by atoms with van der Waals surface area (Å²) in [5, 5.41) is 32.5. The summed E-state index contributed by atoms with van der Waals surface area (Å²) in [7, 11) is 0. The van der Waals surface area contributed by atoms with Crippen molar-refractivity contribution in [3.05, 3.63) is 65.5 Å². The molecule has 11 nitrogen and oxygen atoms in total. The fourth-order valence-electron chi connectivity index (χ4n) is 5.17. The maximum Gasteiger partial charge on any atom is 0.335 e. The number of piperidine rings is 1. The molecule has 0 aromatic heterocycles. The molecule has 2 atom stereocenters. The van der Waals surface area contributed by atoms with Crippen LogP contribution in [0.2, 0.25) is 0 Å². The molecular formula is C34H47FN2O9S. The Morgan fingerprint density at radius 3 is 2.00 bits per heavy atom. The molecule has 2 heterocycles. The highest BCUT2D eigenvalue weighted by molar-refractivity contribution is 7.99. The van der Waals surface area contributed by atoms with E-state index in [0.717, 1.165) is 75.4 Å². The van der Waals surface area contributed by atoms with Crippen molar-refractivity contribution in [2.24, 2.45) is 5.92 Å². The molecule has 0 spiro atoms. The summed E-state index contributed by atoms with van der Waals surface area (Å²) in [6.07, 6.45) is -0.510. The van der Waals surface area contributed by atoms with Crippen molar-refractivity contribution in [1.29, 1.82) is 0 Å². The first-order valence-corrected chi connectivity index (χ1v) is 16.9. The van der Waals surface area contributed by atoms with Crippen molar-refractivity contribution >= 4 is 29.6 Å². The first-order chi connectivity index (χ1) is 22.4. The summed E-state index contributed by atoms with van der Waals surface area (Å²) in [4.78, 5) is 38.9. The third kappa shape index (κ3) is 13.5. The van der Waals surface area contributed by atoms with Crippen LogP contribution in [0, 0.1) is 11.7 Å². The van der Waals surface area contributed by atoms with Crippen molar-refractivity contribution < 1.29 is 48.7 Å². The molecule has 2 aliphatic heterocycles. The normalized spacial score (nSPS) is 17.4. The standard InChI is InChI=1S/C30H41FN2O3S.C4H6O6/c1-23(2)22-37-28-10-6-24(7-11-28)20-29(34)33(21-25-4-8-26(31)9-5-25)27-12-15-32(16-13-27)17-14-30-35-18-3-19-36-30;5-1(3(7)8)2(6)4(9)10/h4-11,23,27,30H,3,12-22H2,1-2H3;1-2,5-6H,(H,7,8)(H,9,10). The maximum absolute atomic E-state index is 13.6. The minimum Gasteiger partial charge on any atom is -0.479 e. The van der Waals surface area contributed by atoms with Gasteiger partial charge in [0.15, 0.2) is 18.5 Å². The fraction of sp³-hybridized carbons (Fsp3) is 0.559. The third-order valence-corrected chi connectivity index (χ3v) is 9.27. The van der Waals surface area contributed by atoms with E-state index < -0.39 is 24.1 Å². The van der Waals surface area contributed by atoms with E-state index >= 15 is 0 Å². The van der Waals surface area contributed by atoms with Crippen LogP contribution in [0.4, 0.5) is 4.39 Å². The maximum atomic E-state index is 13.6. The van der Waals surface area contributed by atoms with Crippen LogP contribution in [0.25, 0.3) is 0 Å². The number of aliphatic hydroxyl groups excluding tert-OH is 2. The number of carbonyl (C=O) groups excluding carboxylic acids is 1. The zero-order valence-corrected chi connectivity index (χ0v) is 27.8. The highest BCUT2D eigenvalue weighted by Crippen LogP contribution is 2.24. The van der Waals surface area contributed by atoms with Gasteiger partial charge in [-0.1, -0.05) is 38.1 Å². The molecule has 2 aromatic carbocycles. The molecule has 2 aromatic rings. The summed E-state index contributed by atoms with van der Waals surface area (Å²) < 4.78 is 24.9. The molecule has 260 valence electrons. The van der Waals surface area contributed by atoms with Gasteiger partial charge in [0.05, 0.1) is 19.6 Å². The number of benzene rings is 2. The lowest BCUT2D eigenvalue weighted by atomic mass is 10.0. The van der Waals surface area contributed by atoms with Crippen LogP contribution >= 0.6 is 11.8 Å². The number of likely N-dealkylation sites (tertiary alicyclic amines) is 1. The minimum atomic E-state index is -2.27. The summed E-state index contributed by atoms with van der Waals surface area (Å²) >= 11 is 1.85. The molecule has 13 heteroatoms. The molecule has 0 bridgehead atoms. The number of rotatable bonds is 14. The number of ether oxygens (including phenoxy) is 2. The number of carboxylic acids is 2. The number of nitrogens with zero attached hydrogens (tertiary/aromatic N) is 2. The molecule has 0 radical (unpaired) electrons. The predicted molar refractivity (Wildman–Crippen MR) is 174 cm³/mol. The van der Waals surface area contributed by atoms with Crippen molar-refractivity contribution in [3.63, 3.8) is 0 Å². The van der Waals surface area contributed by atoms with Crippen molar-refractivity contribution in [2.45, 2.75) is 81.9 Å². The Bertz CT molecular complexity index is 1230. The Hall–Kier alpha value is -3.07. The first kappa shape index (κ1) is 38.4. The van der Waals surface area contributed by atoms with E-state index in [1.54, 1.807) is 12.1 Å². The third-order valence-electron chi connectivity index (χ3n) is 7.83. The van der Waals surface area contributed by atoms with Crippen LogP contribution in [0.3, 0.4) is 0 Å². The van der Waals surface area contributed by atoms with E-state index in [4.69, 9.17) is 29.9 Å². The number of hydrogen-bond donors (Lipinski definition) is 4. The average molecular weight is 679 g/mol. The lowest BCUT2D eigenvalue weighted by Gasteiger charge is -2.39. The second-order valence-electron chi connectivity index (χ2n) is 12.1. The number of thioether (sulfide) groups is 1. The number of carboxylic acid groups (broad SMARTS) is 2. The van der Waals surface area contributed by atoms with Gasteiger partial charge in [-0.15, -0.1) is 11.8 Å². The van der Waals surface area contributed by atoms with Crippen molar-refractivity contribution in [3.8, 4) is 0 Å². The van der Waals surface area contributed by atoms with E-state index in [9.17, 15) is 18.8 Å². The zero-order chi connectivity index (χ0) is 34.3. The molecule has 2 saturated heterocycles. The van der Waals surface area contributed by atoms with E-state index in [0.29, 0.717) is 18.9 Å². The van der Waals surface area contributed by atoms with Crippen LogP contribution in [0.1, 0.15) is 50.7 Å². The Morgan fingerprint density at radius 2 is 1.47 bits per heavy atom. The number of aliphatic hydroxyl groups is 2. The van der Waals surface area contributed by atoms with E-state index in [1.807, 2.05) is 16.7 Å². The summed E-state index contributed by atoms with van der Waals surface area (Å²) in [6.45, 7) is 9.37. The van der Waals surface area contributed by atoms with Gasteiger partial charge in [0.25, 0.3) is 0 Å². The molecule has 2 fully saturated rings. The Balaban J connectivity index is 0.000000520. The topological polar surface area (TPSA) is 157 Å². The monoisotopic (exact) mass is 678 g/mol. The average Bonchev–Trinajstić information content (AvgIpc) is 3.07. The lowest BCUT2D eigenvalue weighted by molar-refractivity contribution is -0.183. The number of hydrogen-bond acceptors (Lipinski definition) is 9. The van der Waals surface area contributed by atoms with Crippen LogP contribution in [0.5, 0.6) is 0 Å². The fourth-order valence-corrected chi connectivity index (χ4v) is 6.02. The van der Waals surface area contributed by atoms with E-state index in [1.165, 1.54) is 17.0 Å². The van der Waals surface area contributed by atoms with Gasteiger partial charge >= 0.3 is 11.9 Å². The van der Waals surface area contributed by atoms with Gasteiger partial charge in [0.2, 0.25) is 5.91 Å². The Morgan fingerprint density at radius 1 is 0.915 bits per heavy atom. The van der Waals surface area contributed by atoms with E-state index in [-0.39, 0.29) is 24.1 Å².